The van der Waals surface area contributed by atoms with Crippen molar-refractivity contribution in [2.75, 3.05) is 17.2 Å². The van der Waals surface area contributed by atoms with Gasteiger partial charge in [0.05, 0.1) is 12.2 Å². The Morgan fingerprint density at radius 2 is 1.65 bits per heavy atom. The second-order valence-corrected chi connectivity index (χ2v) is 8.88. The predicted octanol–water partition coefficient (Wildman–Crippen LogP) is 4.06. The molecule has 3 amide bonds. The number of carbonyl (C=O) groups is 3. The smallest absolute Gasteiger partial charge is 0.276 e. The van der Waals surface area contributed by atoms with Crippen molar-refractivity contribution in [1.82, 2.24) is 19.4 Å². The van der Waals surface area contributed by atoms with E-state index in [1.807, 2.05) is 30.3 Å². The van der Waals surface area contributed by atoms with E-state index >= 15 is 0 Å². The fourth-order valence-electron chi connectivity index (χ4n) is 4.42. The molecule has 3 N–H and O–H groups in total. The number of aromatic nitrogens is 3. The number of anilines is 2. The molecule has 0 atom stereocenters. The number of aromatic amines is 1. The Labute approximate surface area is 214 Å². The maximum Gasteiger partial charge on any atom is 0.276 e. The molecule has 0 radical (unpaired) electrons. The molecule has 0 fully saturated rings. The molecule has 9 heteroatoms. The zero-order valence-electron chi connectivity index (χ0n) is 20.5. The lowest BCUT2D eigenvalue weighted by atomic mass is 10.1. The molecule has 0 unspecified atom stereocenters. The highest BCUT2D eigenvalue weighted by molar-refractivity contribution is 6.04. The maximum absolute atomic E-state index is 13.4. The summed E-state index contributed by atoms with van der Waals surface area (Å²) in [5.41, 5.74) is 3.86. The van der Waals surface area contributed by atoms with E-state index in [4.69, 9.17) is 4.98 Å². The number of nitrogens with one attached hydrogen (secondary N) is 3. The number of hydrogen-bond acceptors (Lipinski definition) is 4. The van der Waals surface area contributed by atoms with Gasteiger partial charge in [-0.05, 0) is 42.0 Å². The summed E-state index contributed by atoms with van der Waals surface area (Å²) in [6, 6.07) is 20.5. The van der Waals surface area contributed by atoms with E-state index in [0.29, 0.717) is 54.4 Å². The van der Waals surface area contributed by atoms with Crippen LogP contribution in [0.4, 0.5) is 11.4 Å². The van der Waals surface area contributed by atoms with Crippen LogP contribution in [0.1, 0.15) is 51.4 Å². The van der Waals surface area contributed by atoms with Gasteiger partial charge >= 0.3 is 0 Å². The van der Waals surface area contributed by atoms with Gasteiger partial charge in [-0.15, -0.1) is 0 Å². The first kappa shape index (κ1) is 24.1. The molecule has 0 spiro atoms. The summed E-state index contributed by atoms with van der Waals surface area (Å²) in [7, 11) is 0. The number of benzene rings is 2. The molecule has 5 rings (SSSR count). The van der Waals surface area contributed by atoms with Crippen molar-refractivity contribution in [3.05, 3.63) is 101 Å². The highest BCUT2D eigenvalue weighted by Gasteiger charge is 2.30. The van der Waals surface area contributed by atoms with Crippen molar-refractivity contribution in [1.29, 1.82) is 0 Å². The van der Waals surface area contributed by atoms with E-state index in [-0.39, 0.29) is 24.3 Å². The molecule has 0 saturated carbocycles. The molecule has 3 heterocycles. The molecular weight excluding hydrogens is 468 g/mol. The average Bonchev–Trinajstić information content (AvgIpc) is 3.58. The van der Waals surface area contributed by atoms with Crippen molar-refractivity contribution in [3.8, 4) is 0 Å². The van der Waals surface area contributed by atoms with Gasteiger partial charge in [-0.2, -0.15) is 0 Å². The topological polar surface area (TPSA) is 112 Å². The number of nitrogens with zero attached hydrogens (tertiary/aromatic N) is 3. The van der Waals surface area contributed by atoms with E-state index in [2.05, 4.69) is 20.2 Å². The summed E-state index contributed by atoms with van der Waals surface area (Å²) >= 11 is 0. The molecule has 1 aliphatic rings. The molecular formula is C28H28N6O3. The van der Waals surface area contributed by atoms with Crippen LogP contribution in [0.25, 0.3) is 0 Å². The van der Waals surface area contributed by atoms with Crippen LogP contribution < -0.4 is 10.6 Å². The van der Waals surface area contributed by atoms with Gasteiger partial charge in [0.15, 0.2) is 5.69 Å². The van der Waals surface area contributed by atoms with Crippen LogP contribution in [-0.4, -0.2) is 43.7 Å². The molecule has 9 nitrogen and oxygen atoms in total. The third-order valence-corrected chi connectivity index (χ3v) is 6.37. The Bertz CT molecular complexity index is 1410. The van der Waals surface area contributed by atoms with Crippen LogP contribution in [0, 0.1) is 0 Å². The van der Waals surface area contributed by atoms with Crippen LogP contribution in [0.5, 0.6) is 0 Å². The Kier molecular flexibility index (Phi) is 6.85. The van der Waals surface area contributed by atoms with Crippen LogP contribution in [0.15, 0.2) is 72.9 Å². The van der Waals surface area contributed by atoms with Gasteiger partial charge in [0.1, 0.15) is 11.5 Å². The van der Waals surface area contributed by atoms with Gasteiger partial charge in [-0.1, -0.05) is 37.3 Å². The number of imidazole rings is 1. The SMILES string of the molecule is CCC(=O)Nc1ccc(NC(=O)c2nc(Cc3ccccc3)n3c2CN(C(=O)c2ccc[nH]2)CC3)cc1. The third kappa shape index (κ3) is 5.30. The van der Waals surface area contributed by atoms with E-state index < -0.39 is 0 Å². The number of rotatable bonds is 7. The second kappa shape index (κ2) is 10.5. The van der Waals surface area contributed by atoms with Crippen molar-refractivity contribution in [3.63, 3.8) is 0 Å². The number of carbonyl (C=O) groups excluding carboxylic acids is 3. The fourth-order valence-corrected chi connectivity index (χ4v) is 4.42. The Balaban J connectivity index is 1.41. The minimum Gasteiger partial charge on any atom is -0.357 e. The van der Waals surface area contributed by atoms with Crippen LogP contribution in [-0.2, 0) is 24.3 Å². The van der Waals surface area contributed by atoms with Crippen molar-refractivity contribution >= 4 is 29.1 Å². The Hall–Kier alpha value is -4.66. The molecule has 2 aromatic carbocycles. The first-order valence-corrected chi connectivity index (χ1v) is 12.3. The lowest BCUT2D eigenvalue weighted by Gasteiger charge is -2.29. The molecule has 4 aromatic rings. The molecule has 1 aliphatic heterocycles. The van der Waals surface area contributed by atoms with Gasteiger partial charge in [-0.25, -0.2) is 4.98 Å². The standard InChI is InChI=1S/C28H28N6O3/c1-2-25(35)30-20-10-12-21(13-11-20)31-27(36)26-23-18-33(28(37)22-9-6-14-29-22)15-16-34(23)24(32-26)17-19-7-4-3-5-8-19/h3-14,29H,2,15-18H2,1H3,(H,30,35)(H,31,36). The summed E-state index contributed by atoms with van der Waals surface area (Å²) in [6.07, 6.45) is 2.69. The van der Waals surface area contributed by atoms with E-state index in [1.165, 1.54) is 0 Å². The zero-order chi connectivity index (χ0) is 25.8. The van der Waals surface area contributed by atoms with Crippen LogP contribution in [0.3, 0.4) is 0 Å². The highest BCUT2D eigenvalue weighted by Crippen LogP contribution is 2.24. The predicted molar refractivity (Wildman–Crippen MR) is 140 cm³/mol. The third-order valence-electron chi connectivity index (χ3n) is 6.37. The van der Waals surface area contributed by atoms with Gasteiger partial charge in [0.2, 0.25) is 5.91 Å². The van der Waals surface area contributed by atoms with Crippen molar-refractivity contribution < 1.29 is 14.4 Å². The van der Waals surface area contributed by atoms with Gasteiger partial charge in [-0.3, -0.25) is 14.4 Å². The first-order valence-electron chi connectivity index (χ1n) is 12.3. The number of fused-ring (bicyclic) bond motifs is 1. The van der Waals surface area contributed by atoms with Gasteiger partial charge < -0.3 is 25.1 Å². The molecule has 0 bridgehead atoms. The zero-order valence-corrected chi connectivity index (χ0v) is 20.5. The number of hydrogen-bond donors (Lipinski definition) is 3. The van der Waals surface area contributed by atoms with Crippen molar-refractivity contribution in [2.24, 2.45) is 0 Å². The summed E-state index contributed by atoms with van der Waals surface area (Å²) < 4.78 is 2.06. The molecule has 37 heavy (non-hydrogen) atoms. The molecule has 0 saturated heterocycles. The minimum absolute atomic E-state index is 0.0779. The Morgan fingerprint density at radius 3 is 2.32 bits per heavy atom. The van der Waals surface area contributed by atoms with Gasteiger partial charge in [0, 0.05) is 43.5 Å². The number of amides is 3. The average molecular weight is 497 g/mol. The largest absolute Gasteiger partial charge is 0.357 e. The fraction of sp³-hybridized carbons (Fsp3) is 0.214. The lowest BCUT2D eigenvalue weighted by molar-refractivity contribution is -0.115. The summed E-state index contributed by atoms with van der Waals surface area (Å²) in [6.45, 7) is 3.14. The molecule has 0 aliphatic carbocycles. The quantitative estimate of drug-likeness (QED) is 0.358. The molecule has 2 aromatic heterocycles. The minimum atomic E-state index is -0.345. The monoisotopic (exact) mass is 496 g/mol. The first-order chi connectivity index (χ1) is 18.0. The second-order valence-electron chi connectivity index (χ2n) is 8.88. The van der Waals surface area contributed by atoms with E-state index in [9.17, 15) is 14.4 Å². The van der Waals surface area contributed by atoms with E-state index in [1.54, 1.807) is 54.4 Å². The molecule has 188 valence electrons. The summed E-state index contributed by atoms with van der Waals surface area (Å²) in [5.74, 6) is 0.252. The van der Waals surface area contributed by atoms with Crippen molar-refractivity contribution in [2.45, 2.75) is 32.9 Å². The van der Waals surface area contributed by atoms with Crippen LogP contribution >= 0.6 is 0 Å². The summed E-state index contributed by atoms with van der Waals surface area (Å²) in [4.78, 5) is 47.5. The highest BCUT2D eigenvalue weighted by atomic mass is 16.2. The Morgan fingerprint density at radius 1 is 0.919 bits per heavy atom. The summed E-state index contributed by atoms with van der Waals surface area (Å²) in [5, 5.41) is 5.71. The number of H-pyrrole nitrogens is 1. The normalized spacial score (nSPS) is 12.6. The lowest BCUT2D eigenvalue weighted by Crippen LogP contribution is -2.39. The maximum atomic E-state index is 13.4. The van der Waals surface area contributed by atoms with E-state index in [0.717, 1.165) is 11.4 Å². The van der Waals surface area contributed by atoms with Gasteiger partial charge in [0.25, 0.3) is 11.8 Å². The van der Waals surface area contributed by atoms with Crippen LogP contribution in [0.2, 0.25) is 0 Å².